The van der Waals surface area contributed by atoms with Gasteiger partial charge in [0, 0.05) is 23.2 Å². The minimum Gasteiger partial charge on any atom is -0.383 e. The molecule has 3 aliphatic carbocycles. The van der Waals surface area contributed by atoms with Gasteiger partial charge < -0.3 is 15.3 Å². The van der Waals surface area contributed by atoms with Gasteiger partial charge in [0.15, 0.2) is 5.79 Å². The monoisotopic (exact) mass is 336 g/mol. The molecule has 3 N–H and O–H groups in total. The van der Waals surface area contributed by atoms with Gasteiger partial charge in [0.2, 0.25) is 0 Å². The van der Waals surface area contributed by atoms with Gasteiger partial charge in [0.05, 0.1) is 0 Å². The number of allylic oxidation sites excluding steroid dienone is 1. The molecule has 4 heteroatoms. The quantitative estimate of drug-likeness (QED) is 0.469. The van der Waals surface area contributed by atoms with Crippen LogP contribution in [0.5, 0.6) is 0 Å². The number of Topliss-reactive ketones (excluding diaryl/α,β-unsaturated/α-hetero) is 1. The fraction of sp³-hybridized carbons (Fsp3) is 0.850. The largest absolute Gasteiger partial charge is 0.383 e. The van der Waals surface area contributed by atoms with Gasteiger partial charge in [0.1, 0.15) is 11.4 Å². The summed E-state index contributed by atoms with van der Waals surface area (Å²) >= 11 is 0. The number of carbonyl (C=O) groups is 1. The zero-order valence-electron chi connectivity index (χ0n) is 15.6. The van der Waals surface area contributed by atoms with Crippen molar-refractivity contribution in [1.82, 2.24) is 0 Å². The smallest absolute Gasteiger partial charge is 0.197 e. The third-order valence-electron chi connectivity index (χ3n) is 7.79. The lowest BCUT2D eigenvalue weighted by atomic mass is 9.47. The number of rotatable bonds is 0. The summed E-state index contributed by atoms with van der Waals surface area (Å²) in [4.78, 5) is 13.3. The molecule has 2 bridgehead atoms. The highest BCUT2D eigenvalue weighted by atomic mass is 16.5. The van der Waals surface area contributed by atoms with E-state index in [2.05, 4.69) is 0 Å². The van der Waals surface area contributed by atoms with E-state index in [-0.39, 0.29) is 11.7 Å². The molecule has 0 saturated heterocycles. The molecule has 3 aliphatic rings. The second-order valence-corrected chi connectivity index (χ2v) is 9.33. The molecule has 0 aromatic carbocycles. The van der Waals surface area contributed by atoms with E-state index in [4.69, 9.17) is 0 Å². The predicted molar refractivity (Wildman–Crippen MR) is 92.1 cm³/mol. The first-order valence-electron chi connectivity index (χ1n) is 9.29. The molecule has 4 atom stereocenters. The maximum absolute atomic E-state index is 13.3. The van der Waals surface area contributed by atoms with Crippen LogP contribution in [0.3, 0.4) is 0 Å². The summed E-state index contributed by atoms with van der Waals surface area (Å²) in [7, 11) is 0. The topological polar surface area (TPSA) is 77.8 Å². The van der Waals surface area contributed by atoms with Crippen LogP contribution in [-0.2, 0) is 4.79 Å². The van der Waals surface area contributed by atoms with Crippen LogP contribution >= 0.6 is 0 Å². The molecular formula is C20H32O4. The molecule has 24 heavy (non-hydrogen) atoms. The highest BCUT2D eigenvalue weighted by Crippen LogP contribution is 2.62. The summed E-state index contributed by atoms with van der Waals surface area (Å²) in [5, 5.41) is 34.3. The van der Waals surface area contributed by atoms with Gasteiger partial charge in [-0.2, -0.15) is 0 Å². The van der Waals surface area contributed by atoms with Crippen molar-refractivity contribution in [2.24, 2.45) is 22.7 Å². The van der Waals surface area contributed by atoms with Crippen molar-refractivity contribution in [3.63, 3.8) is 0 Å². The average molecular weight is 336 g/mol. The van der Waals surface area contributed by atoms with E-state index in [0.29, 0.717) is 25.7 Å². The van der Waals surface area contributed by atoms with Crippen LogP contribution in [0.25, 0.3) is 0 Å². The Bertz CT molecular complexity index is 603. The maximum Gasteiger partial charge on any atom is 0.197 e. The van der Waals surface area contributed by atoms with Gasteiger partial charge >= 0.3 is 0 Å². The van der Waals surface area contributed by atoms with E-state index in [1.54, 1.807) is 0 Å². The van der Waals surface area contributed by atoms with E-state index in [9.17, 15) is 20.1 Å². The Balaban J connectivity index is 2.28. The Labute approximate surface area is 145 Å². The molecule has 3 rings (SSSR count). The number of hydrogen-bond acceptors (Lipinski definition) is 4. The summed E-state index contributed by atoms with van der Waals surface area (Å²) in [6.07, 6.45) is 3.66. The molecule has 4 nitrogen and oxygen atoms in total. The SMILES string of the molecule is CC1=C2CC(=O)[C@]3(C)CCC[C@@H](C)[C@H]3C(O)(O)[C@](O)(CC1)C2(C)C. The van der Waals surface area contributed by atoms with Gasteiger partial charge in [-0.05, 0) is 32.1 Å². The summed E-state index contributed by atoms with van der Waals surface area (Å²) in [6, 6.07) is 0. The molecule has 0 unspecified atom stereocenters. The van der Waals surface area contributed by atoms with Crippen LogP contribution in [0.4, 0.5) is 0 Å². The lowest BCUT2D eigenvalue weighted by molar-refractivity contribution is -0.354. The van der Waals surface area contributed by atoms with Crippen LogP contribution in [0.2, 0.25) is 0 Å². The first kappa shape index (κ1) is 18.1. The first-order valence-corrected chi connectivity index (χ1v) is 9.29. The van der Waals surface area contributed by atoms with E-state index in [1.807, 2.05) is 34.6 Å². The molecule has 0 radical (unpaired) electrons. The molecule has 0 aliphatic heterocycles. The zero-order chi connectivity index (χ0) is 18.1. The van der Waals surface area contributed by atoms with Crippen molar-refractivity contribution in [2.45, 2.75) is 84.5 Å². The van der Waals surface area contributed by atoms with E-state index in [0.717, 1.165) is 24.0 Å². The van der Waals surface area contributed by atoms with Crippen molar-refractivity contribution in [2.75, 3.05) is 0 Å². The normalized spacial score (nSPS) is 44.6. The summed E-state index contributed by atoms with van der Waals surface area (Å²) in [5.41, 5.74) is -1.28. The van der Waals surface area contributed by atoms with E-state index in [1.165, 1.54) is 0 Å². The van der Waals surface area contributed by atoms with Crippen LogP contribution in [0.1, 0.15) is 73.1 Å². The molecular weight excluding hydrogens is 304 g/mol. The lowest BCUT2D eigenvalue weighted by Gasteiger charge is -2.62. The standard InChI is InChI=1S/C20H32O4/c1-12-8-10-19(22)17(3,4)14(12)11-15(21)18(5)9-6-7-13(2)16(18)20(19,23)24/h13,16,22-24H,6-11H2,1-5H3/t13-,16-,18+,19+/m1/s1. The minimum absolute atomic E-state index is 0.0175. The van der Waals surface area contributed by atoms with Gasteiger partial charge in [-0.25, -0.2) is 0 Å². The van der Waals surface area contributed by atoms with Gasteiger partial charge in [0.25, 0.3) is 0 Å². The Hall–Kier alpha value is -0.710. The number of hydrogen-bond donors (Lipinski definition) is 3. The van der Waals surface area contributed by atoms with Crippen LogP contribution in [0.15, 0.2) is 11.1 Å². The van der Waals surface area contributed by atoms with Gasteiger partial charge in [-0.3, -0.25) is 4.79 Å². The Morgan fingerprint density at radius 1 is 1.08 bits per heavy atom. The molecule has 0 aromatic rings. The summed E-state index contributed by atoms with van der Waals surface area (Å²) in [6.45, 7) is 9.58. The van der Waals surface area contributed by atoms with E-state index < -0.39 is 28.1 Å². The molecule has 0 amide bonds. The Morgan fingerprint density at radius 2 is 1.71 bits per heavy atom. The summed E-state index contributed by atoms with van der Waals surface area (Å²) < 4.78 is 0. The first-order chi connectivity index (χ1) is 10.9. The third kappa shape index (κ3) is 1.99. The predicted octanol–water partition coefficient (Wildman–Crippen LogP) is 2.95. The minimum atomic E-state index is -2.28. The summed E-state index contributed by atoms with van der Waals surface area (Å²) in [5.74, 6) is -2.85. The number of carbonyl (C=O) groups excluding carboxylic acids is 1. The second-order valence-electron chi connectivity index (χ2n) is 9.33. The molecule has 136 valence electrons. The van der Waals surface area contributed by atoms with Crippen molar-refractivity contribution in [1.29, 1.82) is 0 Å². The van der Waals surface area contributed by atoms with Crippen molar-refractivity contribution in [3.05, 3.63) is 11.1 Å². The third-order valence-corrected chi connectivity index (χ3v) is 7.79. The van der Waals surface area contributed by atoms with E-state index >= 15 is 0 Å². The zero-order valence-corrected chi connectivity index (χ0v) is 15.6. The Morgan fingerprint density at radius 3 is 2.33 bits per heavy atom. The maximum atomic E-state index is 13.3. The Kier molecular flexibility index (Phi) is 3.88. The average Bonchev–Trinajstić information content (AvgIpc) is 2.46. The second kappa shape index (κ2) is 5.15. The van der Waals surface area contributed by atoms with Crippen LogP contribution < -0.4 is 0 Å². The molecule has 0 heterocycles. The molecule has 0 spiro atoms. The van der Waals surface area contributed by atoms with Crippen LogP contribution in [0, 0.1) is 22.7 Å². The van der Waals surface area contributed by atoms with Crippen LogP contribution in [-0.4, -0.2) is 32.5 Å². The number of fused-ring (bicyclic) bond motifs is 3. The lowest BCUT2D eigenvalue weighted by Crippen LogP contribution is -2.72. The number of aliphatic hydroxyl groups is 3. The van der Waals surface area contributed by atoms with Gasteiger partial charge in [-0.15, -0.1) is 0 Å². The van der Waals surface area contributed by atoms with Gasteiger partial charge in [-0.1, -0.05) is 51.7 Å². The van der Waals surface area contributed by atoms with Crippen molar-refractivity contribution < 1.29 is 20.1 Å². The fourth-order valence-electron chi connectivity index (χ4n) is 6.15. The highest BCUT2D eigenvalue weighted by molar-refractivity contribution is 5.88. The molecule has 2 fully saturated rings. The fourth-order valence-corrected chi connectivity index (χ4v) is 6.15. The molecule has 2 saturated carbocycles. The molecule has 0 aromatic heterocycles. The highest BCUT2D eigenvalue weighted by Gasteiger charge is 2.69. The van der Waals surface area contributed by atoms with Crippen molar-refractivity contribution in [3.8, 4) is 0 Å². The number of ketones is 1. The van der Waals surface area contributed by atoms with Crippen molar-refractivity contribution >= 4 is 5.78 Å².